The zero-order valence-corrected chi connectivity index (χ0v) is 6.13. The average molecular weight is 192 g/mol. The Morgan fingerprint density at radius 1 is 1.67 bits per heavy atom. The molecular formula is C4H6BrN3O. The molecule has 0 radical (unpaired) electrons. The van der Waals surface area contributed by atoms with E-state index in [0.29, 0.717) is 4.48 Å². The summed E-state index contributed by atoms with van der Waals surface area (Å²) in [4.78, 5) is 13.2. The third-order valence-corrected chi connectivity index (χ3v) is 0.943. The molecule has 0 saturated carbocycles. The van der Waals surface area contributed by atoms with Crippen LogP contribution in [0.15, 0.2) is 15.7 Å². The van der Waals surface area contributed by atoms with Gasteiger partial charge in [0, 0.05) is 12.4 Å². The number of carbonyl (C=O) groups excluding carboxylic acids is 1. The van der Waals surface area contributed by atoms with Gasteiger partial charge in [0.2, 0.25) is 0 Å². The van der Waals surface area contributed by atoms with Gasteiger partial charge in [-0.2, -0.15) is 0 Å². The highest BCUT2D eigenvalue weighted by Gasteiger charge is 1.84. The zero-order valence-electron chi connectivity index (χ0n) is 4.54. The van der Waals surface area contributed by atoms with E-state index >= 15 is 0 Å². The molecular weight excluding hydrogens is 186 g/mol. The molecule has 2 amide bonds. The molecule has 4 nitrogen and oxygen atoms in total. The summed E-state index contributed by atoms with van der Waals surface area (Å²) >= 11 is 2.98. The molecule has 0 rings (SSSR count). The van der Waals surface area contributed by atoms with Gasteiger partial charge in [-0.15, -0.1) is 0 Å². The molecule has 0 bridgehead atoms. The van der Waals surface area contributed by atoms with Crippen LogP contribution in [0, 0.1) is 0 Å². The van der Waals surface area contributed by atoms with E-state index in [1.165, 1.54) is 12.4 Å². The Labute approximate surface area is 60.7 Å². The van der Waals surface area contributed by atoms with Crippen LogP contribution in [0.1, 0.15) is 0 Å². The van der Waals surface area contributed by atoms with E-state index in [1.807, 2.05) is 0 Å². The smallest absolute Gasteiger partial charge is 0.338 e. The molecule has 0 aliphatic carbocycles. The van der Waals surface area contributed by atoms with Crippen LogP contribution in [0.3, 0.4) is 0 Å². The van der Waals surface area contributed by atoms with Crippen molar-refractivity contribution < 1.29 is 4.79 Å². The largest absolute Gasteiger partial charge is 0.404 e. The number of allylic oxidation sites excluding steroid dienone is 1. The third kappa shape index (κ3) is 5.02. The van der Waals surface area contributed by atoms with Crippen molar-refractivity contribution in [2.24, 2.45) is 16.5 Å². The van der Waals surface area contributed by atoms with Crippen molar-refractivity contribution in [1.29, 1.82) is 0 Å². The summed E-state index contributed by atoms with van der Waals surface area (Å²) in [5.41, 5.74) is 9.68. The fourth-order valence-corrected chi connectivity index (χ4v) is 0.271. The molecule has 0 aromatic carbocycles. The number of nitrogens with zero attached hydrogens (tertiary/aromatic N) is 1. The van der Waals surface area contributed by atoms with E-state index in [4.69, 9.17) is 5.73 Å². The Morgan fingerprint density at radius 3 is 2.56 bits per heavy atom. The van der Waals surface area contributed by atoms with Crippen molar-refractivity contribution in [3.63, 3.8) is 0 Å². The quantitative estimate of drug-likeness (QED) is 0.587. The fraction of sp³-hybridized carbons (Fsp3) is 0. The maximum Gasteiger partial charge on any atom is 0.338 e. The summed E-state index contributed by atoms with van der Waals surface area (Å²) < 4.78 is 0.515. The SMILES string of the molecule is NC=C(Br)C=NC(N)=O. The molecule has 0 atom stereocenters. The molecule has 0 spiro atoms. The zero-order chi connectivity index (χ0) is 7.28. The Bertz CT molecular complexity index is 163. The molecule has 0 unspecified atom stereocenters. The van der Waals surface area contributed by atoms with Crippen molar-refractivity contribution in [1.82, 2.24) is 0 Å². The first kappa shape index (κ1) is 8.16. The molecule has 0 aromatic rings. The molecule has 0 aliphatic heterocycles. The van der Waals surface area contributed by atoms with Crippen LogP contribution in [-0.2, 0) is 0 Å². The number of hydrogen-bond donors (Lipinski definition) is 2. The molecule has 0 heterocycles. The lowest BCUT2D eigenvalue weighted by Gasteiger charge is -1.81. The molecule has 0 aliphatic rings. The predicted octanol–water partition coefficient (Wildman–Crippen LogP) is 0.331. The van der Waals surface area contributed by atoms with Crippen molar-refractivity contribution >= 4 is 28.2 Å². The minimum atomic E-state index is -0.742. The Morgan fingerprint density at radius 2 is 2.22 bits per heavy atom. The van der Waals surface area contributed by atoms with E-state index in [9.17, 15) is 4.79 Å². The summed E-state index contributed by atoms with van der Waals surface area (Å²) in [6.45, 7) is 0. The number of primary amides is 1. The molecule has 0 fully saturated rings. The summed E-state index contributed by atoms with van der Waals surface area (Å²) in [5.74, 6) is 0. The Hall–Kier alpha value is -0.840. The lowest BCUT2D eigenvalue weighted by Crippen LogP contribution is -2.03. The molecule has 9 heavy (non-hydrogen) atoms. The normalized spacial score (nSPS) is 12.3. The maximum absolute atomic E-state index is 9.96. The molecule has 0 saturated heterocycles. The van der Waals surface area contributed by atoms with Crippen molar-refractivity contribution in [3.05, 3.63) is 10.7 Å². The first-order valence-electron chi connectivity index (χ1n) is 2.07. The number of urea groups is 1. The summed E-state index contributed by atoms with van der Waals surface area (Å²) in [6.07, 6.45) is 2.48. The van der Waals surface area contributed by atoms with Crippen LogP contribution in [0.2, 0.25) is 0 Å². The third-order valence-electron chi connectivity index (χ3n) is 0.474. The van der Waals surface area contributed by atoms with Gasteiger partial charge in [-0.05, 0) is 15.9 Å². The van der Waals surface area contributed by atoms with Crippen LogP contribution in [-0.4, -0.2) is 12.2 Å². The van der Waals surface area contributed by atoms with Crippen LogP contribution in [0.4, 0.5) is 4.79 Å². The van der Waals surface area contributed by atoms with Crippen LogP contribution >= 0.6 is 15.9 Å². The summed E-state index contributed by atoms with van der Waals surface area (Å²) in [7, 11) is 0. The number of nitrogens with two attached hydrogens (primary N) is 2. The second-order valence-electron chi connectivity index (χ2n) is 1.15. The molecule has 5 heteroatoms. The standard InChI is InChI=1S/C4H6BrN3O/c5-3(1-6)2-8-4(7)9/h1-2H,6H2,(H2,7,9). The van der Waals surface area contributed by atoms with E-state index in [0.717, 1.165) is 0 Å². The number of hydrogen-bond acceptors (Lipinski definition) is 2. The molecule has 50 valence electrons. The topological polar surface area (TPSA) is 81.5 Å². The van der Waals surface area contributed by atoms with Gasteiger partial charge in [0.05, 0.1) is 4.48 Å². The first-order chi connectivity index (χ1) is 4.16. The monoisotopic (exact) mass is 191 g/mol. The van der Waals surface area contributed by atoms with Gasteiger partial charge in [0.15, 0.2) is 0 Å². The second kappa shape index (κ2) is 4.08. The van der Waals surface area contributed by atoms with E-state index in [-0.39, 0.29) is 0 Å². The van der Waals surface area contributed by atoms with E-state index in [1.54, 1.807) is 0 Å². The summed E-state index contributed by atoms with van der Waals surface area (Å²) in [5, 5.41) is 0. The number of carbonyl (C=O) groups is 1. The number of halogens is 1. The molecule has 0 aromatic heterocycles. The van der Waals surface area contributed by atoms with Gasteiger partial charge in [0.1, 0.15) is 0 Å². The van der Waals surface area contributed by atoms with Crippen LogP contribution in [0.5, 0.6) is 0 Å². The lowest BCUT2D eigenvalue weighted by molar-refractivity contribution is 0.257. The first-order valence-corrected chi connectivity index (χ1v) is 2.87. The van der Waals surface area contributed by atoms with Crippen LogP contribution < -0.4 is 11.5 Å². The predicted molar refractivity (Wildman–Crippen MR) is 39.3 cm³/mol. The highest BCUT2D eigenvalue weighted by Crippen LogP contribution is 1.96. The van der Waals surface area contributed by atoms with Gasteiger partial charge in [0.25, 0.3) is 0 Å². The van der Waals surface area contributed by atoms with Gasteiger partial charge in [-0.1, -0.05) is 0 Å². The van der Waals surface area contributed by atoms with Gasteiger partial charge in [-0.3, -0.25) is 0 Å². The Balaban J connectivity index is 3.86. The number of rotatable bonds is 1. The second-order valence-corrected chi connectivity index (χ2v) is 2.06. The van der Waals surface area contributed by atoms with Crippen molar-refractivity contribution in [2.75, 3.05) is 0 Å². The van der Waals surface area contributed by atoms with Crippen LogP contribution in [0.25, 0.3) is 0 Å². The lowest BCUT2D eigenvalue weighted by atomic mass is 10.7. The van der Waals surface area contributed by atoms with Gasteiger partial charge in [-0.25, -0.2) is 9.79 Å². The van der Waals surface area contributed by atoms with E-state index < -0.39 is 6.03 Å². The highest BCUT2D eigenvalue weighted by molar-refractivity contribution is 9.12. The van der Waals surface area contributed by atoms with Crippen molar-refractivity contribution in [2.45, 2.75) is 0 Å². The maximum atomic E-state index is 9.96. The average Bonchev–Trinajstić information content (AvgIpc) is 1.83. The summed E-state index contributed by atoms with van der Waals surface area (Å²) in [6, 6.07) is -0.742. The minimum absolute atomic E-state index is 0.515. The van der Waals surface area contributed by atoms with Gasteiger partial charge >= 0.3 is 6.03 Å². The van der Waals surface area contributed by atoms with Gasteiger partial charge < -0.3 is 11.5 Å². The van der Waals surface area contributed by atoms with Crippen molar-refractivity contribution in [3.8, 4) is 0 Å². The highest BCUT2D eigenvalue weighted by atomic mass is 79.9. The minimum Gasteiger partial charge on any atom is -0.404 e. The number of amides is 2. The molecule has 4 N–H and O–H groups in total. The number of aliphatic imine (C=N–C) groups is 1. The fourth-order valence-electron chi connectivity index (χ4n) is 0.168. The Kier molecular flexibility index (Phi) is 3.70. The van der Waals surface area contributed by atoms with E-state index in [2.05, 4.69) is 26.7 Å².